The predicted molar refractivity (Wildman–Crippen MR) is 100 cm³/mol. The zero-order valence-corrected chi connectivity index (χ0v) is 16.0. The molecular weight excluding hydrogens is 338 g/mol. The number of likely N-dealkylation sites (N-methyl/N-ethyl adjacent to an activating group) is 1. The van der Waals surface area contributed by atoms with Gasteiger partial charge < -0.3 is 14.5 Å². The van der Waals surface area contributed by atoms with Crippen molar-refractivity contribution in [2.45, 2.75) is 44.4 Å². The maximum atomic E-state index is 6.17. The Morgan fingerprint density at radius 2 is 2.20 bits per heavy atom. The van der Waals surface area contributed by atoms with Crippen molar-refractivity contribution in [3.05, 3.63) is 17.4 Å². The predicted octanol–water partition coefficient (Wildman–Crippen LogP) is 3.31. The maximum Gasteiger partial charge on any atom is 0.160 e. The molecule has 0 saturated carbocycles. The highest BCUT2D eigenvalue weighted by atomic mass is 35.5. The third-order valence-electron chi connectivity index (χ3n) is 5.80. The van der Waals surface area contributed by atoms with E-state index in [0.717, 1.165) is 55.7 Å². The van der Waals surface area contributed by atoms with E-state index in [4.69, 9.17) is 21.4 Å². The monoisotopic (exact) mass is 363 g/mol. The fourth-order valence-corrected chi connectivity index (χ4v) is 4.00. The molecule has 0 amide bonds. The maximum absolute atomic E-state index is 6.17. The molecule has 7 heteroatoms. The molecule has 6 nitrogen and oxygen atoms in total. The highest BCUT2D eigenvalue weighted by Crippen LogP contribution is 2.36. The average molecular weight is 364 g/mol. The normalized spacial score (nSPS) is 27.6. The molecule has 2 aliphatic rings. The molecule has 2 unspecified atom stereocenters. The second-order valence-electron chi connectivity index (χ2n) is 7.68. The molecule has 0 spiro atoms. The minimum atomic E-state index is -0.00805. The summed E-state index contributed by atoms with van der Waals surface area (Å²) in [5.74, 6) is 0.999. The first-order chi connectivity index (χ1) is 12.0. The van der Waals surface area contributed by atoms with Gasteiger partial charge in [-0.3, -0.25) is 0 Å². The summed E-state index contributed by atoms with van der Waals surface area (Å²) in [5.41, 5.74) is 1.18. The van der Waals surface area contributed by atoms with Gasteiger partial charge in [-0.05, 0) is 46.7 Å². The van der Waals surface area contributed by atoms with Crippen molar-refractivity contribution in [2.24, 2.45) is 0 Å². The minimum Gasteiger partial charge on any atom is -0.356 e. The van der Waals surface area contributed by atoms with Gasteiger partial charge in [-0.1, -0.05) is 11.6 Å². The van der Waals surface area contributed by atoms with Gasteiger partial charge in [-0.25, -0.2) is 9.67 Å². The third-order valence-corrected chi connectivity index (χ3v) is 6.01. The number of hydrogen-bond acceptors (Lipinski definition) is 5. The number of pyridine rings is 1. The van der Waals surface area contributed by atoms with E-state index in [0.29, 0.717) is 5.15 Å². The largest absolute Gasteiger partial charge is 0.356 e. The molecule has 2 atom stereocenters. The van der Waals surface area contributed by atoms with E-state index < -0.39 is 0 Å². The van der Waals surface area contributed by atoms with Crippen molar-refractivity contribution in [3.8, 4) is 0 Å². The third kappa shape index (κ3) is 3.00. The summed E-state index contributed by atoms with van der Waals surface area (Å²) in [5, 5.41) is 6.51. The molecule has 0 N–H and O–H groups in total. The Hall–Kier alpha value is -1.37. The molecule has 0 bridgehead atoms. The standard InChI is InChI=1S/C18H26ClN5O/c1-18(22(2)3)7-8-23(12-18)17-13-11-20-15(19)10-14(13)24(21-17)16-6-4-5-9-25-16/h10-11,16H,4-9,12H2,1-3H3. The Bertz CT molecular complexity index is 770. The Morgan fingerprint density at radius 1 is 1.36 bits per heavy atom. The van der Waals surface area contributed by atoms with Crippen LogP contribution in [0.2, 0.25) is 5.15 Å². The lowest BCUT2D eigenvalue weighted by molar-refractivity contribution is -0.0365. The number of aromatic nitrogens is 3. The van der Waals surface area contributed by atoms with Gasteiger partial charge in [0.2, 0.25) is 0 Å². The van der Waals surface area contributed by atoms with Crippen LogP contribution in [0.3, 0.4) is 0 Å². The zero-order chi connectivity index (χ0) is 17.6. The summed E-state index contributed by atoms with van der Waals surface area (Å²) in [6.45, 7) is 5.06. The number of nitrogens with zero attached hydrogens (tertiary/aromatic N) is 5. The topological polar surface area (TPSA) is 46.4 Å². The van der Waals surface area contributed by atoms with Crippen molar-refractivity contribution in [3.63, 3.8) is 0 Å². The van der Waals surface area contributed by atoms with Crippen molar-refractivity contribution in [2.75, 3.05) is 38.7 Å². The van der Waals surface area contributed by atoms with Gasteiger partial charge in [-0.2, -0.15) is 5.10 Å². The molecule has 25 heavy (non-hydrogen) atoms. The van der Waals surface area contributed by atoms with Crippen LogP contribution in [0.5, 0.6) is 0 Å². The number of ether oxygens (including phenoxy) is 1. The number of hydrogen-bond donors (Lipinski definition) is 0. The molecule has 2 saturated heterocycles. The van der Waals surface area contributed by atoms with E-state index in [1.165, 1.54) is 6.42 Å². The summed E-state index contributed by atoms with van der Waals surface area (Å²) in [7, 11) is 4.30. The van der Waals surface area contributed by atoms with Crippen LogP contribution in [-0.4, -0.2) is 59.0 Å². The number of halogens is 1. The first kappa shape index (κ1) is 17.1. The quantitative estimate of drug-likeness (QED) is 0.783. The van der Waals surface area contributed by atoms with Crippen molar-refractivity contribution in [1.82, 2.24) is 19.7 Å². The Morgan fingerprint density at radius 3 is 2.88 bits per heavy atom. The molecule has 2 aromatic heterocycles. The van der Waals surface area contributed by atoms with Crippen LogP contribution in [0.25, 0.3) is 10.9 Å². The van der Waals surface area contributed by atoms with E-state index in [-0.39, 0.29) is 11.8 Å². The van der Waals surface area contributed by atoms with E-state index >= 15 is 0 Å². The van der Waals surface area contributed by atoms with Gasteiger partial charge in [0.1, 0.15) is 5.15 Å². The average Bonchev–Trinajstić information content (AvgIpc) is 3.17. The molecule has 136 valence electrons. The van der Waals surface area contributed by atoms with Gasteiger partial charge in [0, 0.05) is 37.5 Å². The Balaban J connectivity index is 1.74. The van der Waals surface area contributed by atoms with Crippen molar-refractivity contribution >= 4 is 28.3 Å². The van der Waals surface area contributed by atoms with Crippen LogP contribution >= 0.6 is 11.6 Å². The molecule has 0 aliphatic carbocycles. The number of anilines is 1. The summed E-state index contributed by atoms with van der Waals surface area (Å²) in [6, 6.07) is 1.91. The smallest absolute Gasteiger partial charge is 0.160 e. The number of fused-ring (bicyclic) bond motifs is 1. The van der Waals surface area contributed by atoms with E-state index in [2.05, 4.69) is 35.8 Å². The summed E-state index contributed by atoms with van der Waals surface area (Å²) >= 11 is 6.17. The van der Waals surface area contributed by atoms with Gasteiger partial charge in [0.25, 0.3) is 0 Å². The zero-order valence-electron chi connectivity index (χ0n) is 15.2. The van der Waals surface area contributed by atoms with E-state index in [9.17, 15) is 0 Å². The second-order valence-corrected chi connectivity index (χ2v) is 8.06. The Labute approximate surface area is 153 Å². The molecule has 2 aromatic rings. The molecule has 0 radical (unpaired) electrons. The Kier molecular flexibility index (Phi) is 4.38. The lowest BCUT2D eigenvalue weighted by atomic mass is 10.0. The van der Waals surface area contributed by atoms with Crippen LogP contribution in [0, 0.1) is 0 Å². The first-order valence-electron chi connectivity index (χ1n) is 9.06. The van der Waals surface area contributed by atoms with E-state index in [1.807, 2.05) is 16.9 Å². The van der Waals surface area contributed by atoms with E-state index in [1.54, 1.807) is 0 Å². The minimum absolute atomic E-state index is 0.00805. The van der Waals surface area contributed by atoms with Crippen LogP contribution in [0.1, 0.15) is 38.8 Å². The van der Waals surface area contributed by atoms with Gasteiger partial charge in [0.05, 0.1) is 10.9 Å². The van der Waals surface area contributed by atoms with Gasteiger partial charge in [0.15, 0.2) is 12.0 Å². The molecular formula is C18H26ClN5O. The van der Waals surface area contributed by atoms with Crippen molar-refractivity contribution in [1.29, 1.82) is 0 Å². The number of rotatable bonds is 3. The summed E-state index contributed by atoms with van der Waals surface area (Å²) < 4.78 is 7.99. The van der Waals surface area contributed by atoms with Gasteiger partial charge >= 0.3 is 0 Å². The molecule has 4 rings (SSSR count). The van der Waals surface area contributed by atoms with Crippen LogP contribution in [0.4, 0.5) is 5.82 Å². The fraction of sp³-hybridized carbons (Fsp3) is 0.667. The summed E-state index contributed by atoms with van der Waals surface area (Å²) in [6.07, 6.45) is 6.25. The summed E-state index contributed by atoms with van der Waals surface area (Å²) in [4.78, 5) is 8.99. The highest BCUT2D eigenvalue weighted by Gasteiger charge is 2.37. The lowest BCUT2D eigenvalue weighted by Crippen LogP contribution is -2.43. The lowest BCUT2D eigenvalue weighted by Gasteiger charge is -2.32. The van der Waals surface area contributed by atoms with Crippen LogP contribution in [-0.2, 0) is 4.74 Å². The second kappa shape index (κ2) is 6.41. The highest BCUT2D eigenvalue weighted by molar-refractivity contribution is 6.30. The molecule has 0 aromatic carbocycles. The van der Waals surface area contributed by atoms with Gasteiger partial charge in [-0.15, -0.1) is 0 Å². The molecule has 2 aliphatic heterocycles. The fourth-order valence-electron chi connectivity index (χ4n) is 3.85. The van der Waals surface area contributed by atoms with Crippen LogP contribution in [0.15, 0.2) is 12.3 Å². The molecule has 2 fully saturated rings. The van der Waals surface area contributed by atoms with Crippen LogP contribution < -0.4 is 4.90 Å². The van der Waals surface area contributed by atoms with Crippen molar-refractivity contribution < 1.29 is 4.74 Å². The first-order valence-corrected chi connectivity index (χ1v) is 9.43. The SMILES string of the molecule is CN(C)C1(C)CCN(c2nn(C3CCCCO3)c3cc(Cl)ncc23)C1. The molecule has 4 heterocycles.